The number of aryl methyl sites for hydroxylation is 2. The summed E-state index contributed by atoms with van der Waals surface area (Å²) in [6.07, 6.45) is 0. The molecule has 0 N–H and O–H groups in total. The number of thiophene rings is 2. The zero-order valence-electron chi connectivity index (χ0n) is 26.6. The highest BCUT2D eigenvalue weighted by Gasteiger charge is 2.19. The van der Waals surface area contributed by atoms with Crippen LogP contribution in [0.1, 0.15) is 11.1 Å². The first kappa shape index (κ1) is 28.7. The van der Waals surface area contributed by atoms with E-state index in [0.717, 1.165) is 33.1 Å². The average molecular weight is 654 g/mol. The molecule has 0 saturated heterocycles. The van der Waals surface area contributed by atoms with E-state index in [-0.39, 0.29) is 0 Å². The Morgan fingerprint density at radius 3 is 1.48 bits per heavy atom. The number of benzene rings is 6. The Balaban J connectivity index is 1.16. The van der Waals surface area contributed by atoms with E-state index in [2.05, 4.69) is 175 Å². The maximum absolute atomic E-state index is 5.31. The Bertz CT molecular complexity index is 2420. The Kier molecular flexibility index (Phi) is 6.96. The number of hydrogen-bond donors (Lipinski definition) is 0. The maximum atomic E-state index is 5.31. The van der Waals surface area contributed by atoms with Gasteiger partial charge in [-0.3, -0.25) is 0 Å². The van der Waals surface area contributed by atoms with Crippen molar-refractivity contribution in [3.63, 3.8) is 0 Å². The van der Waals surface area contributed by atoms with E-state index in [1.165, 1.54) is 52.8 Å². The third-order valence-corrected chi connectivity index (χ3v) is 11.3. The van der Waals surface area contributed by atoms with Crippen molar-refractivity contribution < 1.29 is 0 Å². The molecule has 9 rings (SSSR count). The van der Waals surface area contributed by atoms with E-state index in [0.29, 0.717) is 0 Å². The molecule has 230 valence electrons. The number of hydrogen-bond acceptors (Lipinski definition) is 5. The molecule has 0 radical (unpaired) electrons. The van der Waals surface area contributed by atoms with E-state index in [9.17, 15) is 0 Å². The van der Waals surface area contributed by atoms with E-state index < -0.39 is 0 Å². The van der Waals surface area contributed by atoms with Crippen molar-refractivity contribution in [2.75, 3.05) is 9.80 Å². The minimum absolute atomic E-state index is 1.08. The lowest BCUT2D eigenvalue weighted by atomic mass is 10.1. The molecule has 3 aromatic heterocycles. The first-order chi connectivity index (χ1) is 23.6. The molecule has 9 aromatic rings. The predicted octanol–water partition coefficient (Wildman–Crippen LogP) is 13.4. The largest absolute Gasteiger partial charge is 0.310 e. The van der Waals surface area contributed by atoms with Crippen molar-refractivity contribution >= 4 is 97.4 Å². The van der Waals surface area contributed by atoms with Gasteiger partial charge in [-0.1, -0.05) is 78.9 Å². The number of rotatable bonds is 6. The fourth-order valence-electron chi connectivity index (χ4n) is 6.77. The van der Waals surface area contributed by atoms with Gasteiger partial charge in [0, 0.05) is 59.7 Å². The Labute approximate surface area is 287 Å². The van der Waals surface area contributed by atoms with E-state index in [1.54, 1.807) is 11.3 Å². The second-order valence-corrected chi connectivity index (χ2v) is 14.3. The normalized spacial score (nSPS) is 11.5. The van der Waals surface area contributed by atoms with E-state index in [4.69, 9.17) is 4.98 Å². The fourth-order valence-corrected chi connectivity index (χ4v) is 8.98. The molecule has 6 aromatic carbocycles. The second-order valence-electron chi connectivity index (χ2n) is 12.2. The topological polar surface area (TPSA) is 19.4 Å². The summed E-state index contributed by atoms with van der Waals surface area (Å²) in [4.78, 5) is 11.1. The predicted molar refractivity (Wildman–Crippen MR) is 209 cm³/mol. The van der Waals surface area contributed by atoms with Crippen molar-refractivity contribution in [3.05, 3.63) is 163 Å². The van der Waals surface area contributed by atoms with Crippen LogP contribution in [0.4, 0.5) is 34.1 Å². The quantitative estimate of drug-likeness (QED) is 0.178. The van der Waals surface area contributed by atoms with Gasteiger partial charge in [0.25, 0.3) is 0 Å². The van der Waals surface area contributed by atoms with Crippen molar-refractivity contribution in [2.24, 2.45) is 0 Å². The fraction of sp³-hybridized carbons (Fsp3) is 0.0465. The molecular formula is C43H31N3S2. The van der Waals surface area contributed by atoms with Gasteiger partial charge in [-0.25, -0.2) is 4.98 Å². The van der Waals surface area contributed by atoms with Gasteiger partial charge in [-0.05, 0) is 97.8 Å². The van der Waals surface area contributed by atoms with Crippen molar-refractivity contribution in [1.82, 2.24) is 4.98 Å². The summed E-state index contributed by atoms with van der Waals surface area (Å²) < 4.78 is 3.70. The van der Waals surface area contributed by atoms with Gasteiger partial charge in [0.2, 0.25) is 0 Å². The van der Waals surface area contributed by atoms with Crippen LogP contribution in [0.15, 0.2) is 152 Å². The van der Waals surface area contributed by atoms with Gasteiger partial charge < -0.3 is 9.80 Å². The third kappa shape index (κ3) is 4.82. The molecule has 0 bridgehead atoms. The van der Waals surface area contributed by atoms with Crippen LogP contribution < -0.4 is 9.80 Å². The van der Waals surface area contributed by atoms with Crippen molar-refractivity contribution in [1.29, 1.82) is 0 Å². The number of nitrogens with zero attached hydrogens (tertiary/aromatic N) is 3. The van der Waals surface area contributed by atoms with Gasteiger partial charge >= 0.3 is 0 Å². The van der Waals surface area contributed by atoms with Gasteiger partial charge in [0.05, 0.1) is 10.2 Å². The third-order valence-electron chi connectivity index (χ3n) is 9.11. The molecule has 0 unspecified atom stereocenters. The average Bonchev–Trinajstić information content (AvgIpc) is 3.66. The lowest BCUT2D eigenvalue weighted by molar-refractivity contribution is 1.25. The molecule has 0 aliphatic carbocycles. The lowest BCUT2D eigenvalue weighted by Gasteiger charge is -2.27. The number of fused-ring (bicyclic) bond motifs is 6. The van der Waals surface area contributed by atoms with Crippen molar-refractivity contribution in [3.8, 4) is 0 Å². The Morgan fingerprint density at radius 2 is 0.917 bits per heavy atom. The van der Waals surface area contributed by atoms with Crippen LogP contribution >= 0.6 is 22.7 Å². The lowest BCUT2D eigenvalue weighted by Crippen LogP contribution is -2.10. The molecule has 48 heavy (non-hydrogen) atoms. The molecule has 0 fully saturated rings. The van der Waals surface area contributed by atoms with Gasteiger partial charge in [-0.2, -0.15) is 0 Å². The molecule has 0 aliphatic rings. The molecule has 0 amide bonds. The number of pyridine rings is 1. The number of anilines is 6. The highest BCUT2D eigenvalue weighted by atomic mass is 32.1. The van der Waals surface area contributed by atoms with E-state index in [1.807, 2.05) is 11.3 Å². The molecular weight excluding hydrogens is 623 g/mol. The Morgan fingerprint density at radius 1 is 0.417 bits per heavy atom. The summed E-state index contributed by atoms with van der Waals surface area (Å²) in [6, 6.07) is 54.4. The summed E-state index contributed by atoms with van der Waals surface area (Å²) >= 11 is 3.60. The molecule has 3 heterocycles. The van der Waals surface area contributed by atoms with Crippen LogP contribution in [0.2, 0.25) is 0 Å². The summed E-state index contributed by atoms with van der Waals surface area (Å²) in [6.45, 7) is 4.35. The monoisotopic (exact) mass is 653 g/mol. The minimum atomic E-state index is 1.08. The highest BCUT2D eigenvalue weighted by molar-refractivity contribution is 7.27. The van der Waals surface area contributed by atoms with Crippen LogP contribution in [-0.2, 0) is 0 Å². The number of aromatic nitrogens is 1. The first-order valence-electron chi connectivity index (χ1n) is 16.1. The molecule has 3 nitrogen and oxygen atoms in total. The first-order valence-corrected chi connectivity index (χ1v) is 17.8. The molecule has 0 saturated carbocycles. The zero-order chi connectivity index (χ0) is 32.2. The van der Waals surface area contributed by atoms with Crippen LogP contribution in [0.3, 0.4) is 0 Å². The SMILES string of the molecule is Cc1ccccc1N(c1ccccc1)c1ccc2c(c1)sc1nc3c(cc12)sc1cc(N(c2ccccc2)c2ccccc2C)ccc13. The van der Waals surface area contributed by atoms with Crippen LogP contribution in [0.25, 0.3) is 40.6 Å². The highest BCUT2D eigenvalue weighted by Crippen LogP contribution is 2.45. The molecule has 0 atom stereocenters. The van der Waals surface area contributed by atoms with Crippen LogP contribution in [-0.4, -0.2) is 4.98 Å². The van der Waals surface area contributed by atoms with Gasteiger partial charge in [-0.15, -0.1) is 22.7 Å². The smallest absolute Gasteiger partial charge is 0.125 e. The standard InChI is InChI=1S/C43H31N3S2/c1-28-13-9-11-19-37(28)45(30-15-5-3-6-16-30)32-21-23-34-36-27-41-42(44-43(36)48-39(34)25-32)35-24-22-33(26-40(35)47-41)46(31-17-7-4-8-18-31)38-20-12-10-14-29(38)2/h3-27H,1-2H3. The zero-order valence-corrected chi connectivity index (χ0v) is 28.2. The maximum Gasteiger partial charge on any atom is 0.125 e. The summed E-state index contributed by atoms with van der Waals surface area (Å²) in [5.41, 5.74) is 10.5. The molecule has 0 spiro atoms. The number of para-hydroxylation sites is 4. The molecule has 5 heteroatoms. The van der Waals surface area contributed by atoms with Crippen LogP contribution in [0, 0.1) is 13.8 Å². The van der Waals surface area contributed by atoms with Gasteiger partial charge in [0.15, 0.2) is 0 Å². The second kappa shape index (κ2) is 11.6. The summed E-state index contributed by atoms with van der Waals surface area (Å²) in [5.74, 6) is 0. The summed E-state index contributed by atoms with van der Waals surface area (Å²) in [7, 11) is 0. The Hall–Kier alpha value is -5.49. The van der Waals surface area contributed by atoms with Crippen molar-refractivity contribution in [2.45, 2.75) is 13.8 Å². The minimum Gasteiger partial charge on any atom is -0.310 e. The molecule has 0 aliphatic heterocycles. The van der Waals surface area contributed by atoms with Crippen LogP contribution in [0.5, 0.6) is 0 Å². The van der Waals surface area contributed by atoms with Gasteiger partial charge in [0.1, 0.15) is 4.83 Å². The summed E-state index contributed by atoms with van der Waals surface area (Å²) in [5, 5.41) is 3.67. The van der Waals surface area contributed by atoms with E-state index >= 15 is 0 Å².